The summed E-state index contributed by atoms with van der Waals surface area (Å²) in [6.07, 6.45) is 2.99. The van der Waals surface area contributed by atoms with Crippen LogP contribution in [0.1, 0.15) is 12.0 Å². The molecule has 0 amide bonds. The summed E-state index contributed by atoms with van der Waals surface area (Å²) in [5.74, 6) is 0.889. The first-order valence-electron chi connectivity index (χ1n) is 7.19. The Kier molecular flexibility index (Phi) is 4.41. The maximum atomic E-state index is 6.33. The van der Waals surface area contributed by atoms with Crippen LogP contribution in [-0.2, 0) is 11.3 Å². The first-order valence-corrected chi connectivity index (χ1v) is 7.57. The van der Waals surface area contributed by atoms with Crippen LogP contribution >= 0.6 is 11.6 Å². The van der Waals surface area contributed by atoms with Crippen molar-refractivity contribution >= 4 is 17.4 Å². The smallest absolute Gasteiger partial charge is 0.147 e. The molecule has 1 atom stereocenters. The summed E-state index contributed by atoms with van der Waals surface area (Å²) in [6.45, 7) is 6.24. The summed E-state index contributed by atoms with van der Waals surface area (Å²) < 4.78 is 5.41. The Morgan fingerprint density at radius 1 is 1.35 bits per heavy atom. The van der Waals surface area contributed by atoms with Gasteiger partial charge in [0, 0.05) is 45.0 Å². The van der Waals surface area contributed by atoms with Gasteiger partial charge in [0.05, 0.1) is 18.2 Å². The number of anilines is 1. The van der Waals surface area contributed by atoms with Gasteiger partial charge in [-0.05, 0) is 18.1 Å². The van der Waals surface area contributed by atoms with Crippen molar-refractivity contribution in [2.75, 3.05) is 44.3 Å². The van der Waals surface area contributed by atoms with Gasteiger partial charge in [-0.2, -0.15) is 0 Å². The fourth-order valence-corrected chi connectivity index (χ4v) is 3.30. The van der Waals surface area contributed by atoms with Gasteiger partial charge in [0.15, 0.2) is 0 Å². The van der Waals surface area contributed by atoms with Crippen molar-refractivity contribution < 1.29 is 4.74 Å². The Labute approximate surface area is 124 Å². The summed E-state index contributed by atoms with van der Waals surface area (Å²) in [5.41, 5.74) is 6.59. The molecule has 0 aliphatic carbocycles. The second-order valence-corrected chi connectivity index (χ2v) is 5.80. The SMILES string of the molecule is NCc1cnc(N2CCC(N3CCOCC3)C2)c(Cl)c1. The van der Waals surface area contributed by atoms with Gasteiger partial charge in [-0.1, -0.05) is 11.6 Å². The lowest BCUT2D eigenvalue weighted by molar-refractivity contribution is 0.0209. The highest BCUT2D eigenvalue weighted by atomic mass is 35.5. The Morgan fingerprint density at radius 2 is 2.15 bits per heavy atom. The summed E-state index contributed by atoms with van der Waals surface area (Å²) >= 11 is 6.33. The highest BCUT2D eigenvalue weighted by molar-refractivity contribution is 6.33. The van der Waals surface area contributed by atoms with Crippen molar-refractivity contribution in [2.45, 2.75) is 19.0 Å². The van der Waals surface area contributed by atoms with Gasteiger partial charge < -0.3 is 15.4 Å². The number of nitrogens with zero attached hydrogens (tertiary/aromatic N) is 3. The van der Waals surface area contributed by atoms with Crippen LogP contribution in [0.2, 0.25) is 5.02 Å². The zero-order chi connectivity index (χ0) is 13.9. The summed E-state index contributed by atoms with van der Waals surface area (Å²) in [4.78, 5) is 9.28. The average molecular weight is 297 g/mol. The molecular weight excluding hydrogens is 276 g/mol. The Hall–Kier alpha value is -0.880. The first kappa shape index (κ1) is 14.1. The van der Waals surface area contributed by atoms with E-state index >= 15 is 0 Å². The summed E-state index contributed by atoms with van der Waals surface area (Å²) in [6, 6.07) is 2.51. The van der Waals surface area contributed by atoms with Crippen LogP contribution in [0.25, 0.3) is 0 Å². The van der Waals surface area contributed by atoms with E-state index in [0.29, 0.717) is 17.6 Å². The molecule has 0 bridgehead atoms. The van der Waals surface area contributed by atoms with Gasteiger partial charge in [0.25, 0.3) is 0 Å². The largest absolute Gasteiger partial charge is 0.379 e. The minimum atomic E-state index is 0.476. The van der Waals surface area contributed by atoms with E-state index in [1.165, 1.54) is 0 Å². The number of aromatic nitrogens is 1. The Balaban J connectivity index is 1.67. The fourth-order valence-electron chi connectivity index (χ4n) is 2.99. The number of pyridine rings is 1. The number of hydrogen-bond donors (Lipinski definition) is 1. The maximum absolute atomic E-state index is 6.33. The standard InChI is InChI=1S/C14H21ClN4O/c15-13-7-11(8-16)9-17-14(13)19-2-1-12(10-19)18-3-5-20-6-4-18/h7,9,12H,1-6,8,10,16H2. The van der Waals surface area contributed by atoms with E-state index in [1.54, 1.807) is 0 Å². The molecule has 2 saturated heterocycles. The normalized spacial score (nSPS) is 24.3. The van der Waals surface area contributed by atoms with Gasteiger partial charge in [-0.25, -0.2) is 4.98 Å². The molecule has 110 valence electrons. The zero-order valence-corrected chi connectivity index (χ0v) is 12.4. The van der Waals surface area contributed by atoms with E-state index in [-0.39, 0.29) is 0 Å². The van der Waals surface area contributed by atoms with Gasteiger partial charge in [0.2, 0.25) is 0 Å². The van der Waals surface area contributed by atoms with Crippen LogP contribution in [0.3, 0.4) is 0 Å². The quantitative estimate of drug-likeness (QED) is 0.905. The predicted molar refractivity (Wildman–Crippen MR) is 80.1 cm³/mol. The number of ether oxygens (including phenoxy) is 1. The van der Waals surface area contributed by atoms with Crippen LogP contribution < -0.4 is 10.6 Å². The third kappa shape index (κ3) is 2.91. The number of halogens is 1. The molecule has 1 aromatic heterocycles. The van der Waals surface area contributed by atoms with E-state index in [0.717, 1.165) is 57.2 Å². The predicted octanol–water partition coefficient (Wildman–Crippen LogP) is 1.10. The monoisotopic (exact) mass is 296 g/mol. The molecule has 1 aromatic rings. The van der Waals surface area contributed by atoms with Crippen molar-refractivity contribution in [1.82, 2.24) is 9.88 Å². The molecule has 0 spiro atoms. The number of rotatable bonds is 3. The lowest BCUT2D eigenvalue weighted by Gasteiger charge is -2.32. The molecule has 0 saturated carbocycles. The van der Waals surface area contributed by atoms with Crippen LogP contribution in [0, 0.1) is 0 Å². The molecule has 2 N–H and O–H groups in total. The summed E-state index contributed by atoms with van der Waals surface area (Å²) in [7, 11) is 0. The molecule has 0 aromatic carbocycles. The van der Waals surface area contributed by atoms with Crippen molar-refractivity contribution in [2.24, 2.45) is 5.73 Å². The van der Waals surface area contributed by atoms with Crippen LogP contribution in [-0.4, -0.2) is 55.3 Å². The fraction of sp³-hybridized carbons (Fsp3) is 0.643. The van der Waals surface area contributed by atoms with Crippen molar-refractivity contribution in [3.05, 3.63) is 22.8 Å². The maximum Gasteiger partial charge on any atom is 0.147 e. The summed E-state index contributed by atoms with van der Waals surface area (Å²) in [5, 5.41) is 0.704. The molecule has 2 fully saturated rings. The molecule has 3 rings (SSSR count). The lowest BCUT2D eigenvalue weighted by atomic mass is 10.2. The molecule has 2 aliphatic heterocycles. The lowest BCUT2D eigenvalue weighted by Crippen LogP contribution is -2.44. The van der Waals surface area contributed by atoms with Gasteiger partial charge in [0.1, 0.15) is 5.82 Å². The third-order valence-corrected chi connectivity index (χ3v) is 4.42. The second kappa shape index (κ2) is 6.26. The van der Waals surface area contributed by atoms with Crippen molar-refractivity contribution in [3.8, 4) is 0 Å². The average Bonchev–Trinajstić information content (AvgIpc) is 2.97. The van der Waals surface area contributed by atoms with E-state index < -0.39 is 0 Å². The highest BCUT2D eigenvalue weighted by Gasteiger charge is 2.30. The minimum Gasteiger partial charge on any atom is -0.379 e. The topological polar surface area (TPSA) is 54.6 Å². The molecule has 6 heteroatoms. The molecule has 3 heterocycles. The molecule has 5 nitrogen and oxygen atoms in total. The number of nitrogens with two attached hydrogens (primary N) is 1. The second-order valence-electron chi connectivity index (χ2n) is 5.39. The van der Waals surface area contributed by atoms with E-state index in [9.17, 15) is 0 Å². The van der Waals surface area contributed by atoms with Crippen molar-refractivity contribution in [3.63, 3.8) is 0 Å². The molecular formula is C14H21ClN4O. The number of hydrogen-bond acceptors (Lipinski definition) is 5. The molecule has 1 unspecified atom stereocenters. The first-order chi connectivity index (χ1) is 9.78. The highest BCUT2D eigenvalue weighted by Crippen LogP contribution is 2.28. The van der Waals surface area contributed by atoms with Crippen LogP contribution in [0.4, 0.5) is 5.82 Å². The molecule has 20 heavy (non-hydrogen) atoms. The zero-order valence-electron chi connectivity index (χ0n) is 11.6. The Bertz CT molecular complexity index is 464. The van der Waals surface area contributed by atoms with Gasteiger partial charge >= 0.3 is 0 Å². The molecule has 0 radical (unpaired) electrons. The van der Waals surface area contributed by atoms with Crippen LogP contribution in [0.5, 0.6) is 0 Å². The van der Waals surface area contributed by atoms with Gasteiger partial charge in [-0.15, -0.1) is 0 Å². The molecule has 2 aliphatic rings. The minimum absolute atomic E-state index is 0.476. The third-order valence-electron chi connectivity index (χ3n) is 4.14. The van der Waals surface area contributed by atoms with E-state index in [2.05, 4.69) is 14.8 Å². The van der Waals surface area contributed by atoms with Crippen LogP contribution in [0.15, 0.2) is 12.3 Å². The van der Waals surface area contributed by atoms with Gasteiger partial charge in [-0.3, -0.25) is 4.90 Å². The van der Waals surface area contributed by atoms with E-state index in [1.807, 2.05) is 12.3 Å². The van der Waals surface area contributed by atoms with E-state index in [4.69, 9.17) is 22.1 Å². The number of morpholine rings is 1. The van der Waals surface area contributed by atoms with Crippen molar-refractivity contribution in [1.29, 1.82) is 0 Å². The Morgan fingerprint density at radius 3 is 2.85 bits per heavy atom.